The number of hydrogen-bond acceptors (Lipinski definition) is 2. The first kappa shape index (κ1) is 14.0. The molecule has 0 saturated heterocycles. The Balaban J connectivity index is 2.29. The van der Waals surface area contributed by atoms with Crippen LogP contribution in [0.2, 0.25) is 0 Å². The molecule has 100 valence electrons. The van der Waals surface area contributed by atoms with E-state index < -0.39 is 0 Å². The minimum absolute atomic E-state index is 0.337. The van der Waals surface area contributed by atoms with Gasteiger partial charge in [-0.15, -0.1) is 0 Å². The van der Waals surface area contributed by atoms with Crippen LogP contribution in [0.4, 0.5) is 0 Å². The minimum atomic E-state index is 0.337. The quantitative estimate of drug-likeness (QED) is 0.401. The summed E-state index contributed by atoms with van der Waals surface area (Å²) in [5, 5.41) is 2.63. The van der Waals surface area contributed by atoms with E-state index in [9.17, 15) is 0 Å². The van der Waals surface area contributed by atoms with E-state index in [4.69, 9.17) is 12.2 Å². The van der Waals surface area contributed by atoms with E-state index in [1.165, 1.54) is 37.7 Å². The van der Waals surface area contributed by atoms with Crippen LogP contribution in [0.5, 0.6) is 0 Å². The highest BCUT2D eigenvalue weighted by molar-refractivity contribution is 7.78. The molecule has 18 heavy (non-hydrogen) atoms. The Labute approximate surface area is 117 Å². The van der Waals surface area contributed by atoms with Gasteiger partial charge in [0.05, 0.1) is 11.2 Å². The summed E-state index contributed by atoms with van der Waals surface area (Å²) < 4.78 is 0. The third-order valence-corrected chi connectivity index (χ3v) is 5.34. The van der Waals surface area contributed by atoms with E-state index in [-0.39, 0.29) is 0 Å². The number of rotatable bonds is 3. The molecule has 0 aromatic carbocycles. The smallest absolute Gasteiger partial charge is 0.0659 e. The standard InChI is InChI=1S/C16H25NS/c1-11(2)15(17-10-18)13-7-9-16(4)8-5-6-12(3)14(13)16/h11,13-15H,3,5-9H2,1-2,4H3/t13?,14-,15+,16+/m0/s1. The molecule has 1 nitrogen and oxygen atoms in total. The third-order valence-electron chi connectivity index (χ3n) is 5.24. The lowest BCUT2D eigenvalue weighted by molar-refractivity contribution is 0.156. The van der Waals surface area contributed by atoms with E-state index in [2.05, 4.69) is 37.5 Å². The fraction of sp³-hybridized carbons (Fsp3) is 0.812. The lowest BCUT2D eigenvalue weighted by atomic mass is 9.64. The monoisotopic (exact) mass is 263 g/mol. The predicted molar refractivity (Wildman–Crippen MR) is 81.0 cm³/mol. The highest BCUT2D eigenvalue weighted by atomic mass is 32.1. The van der Waals surface area contributed by atoms with Crippen molar-refractivity contribution in [2.75, 3.05) is 0 Å². The van der Waals surface area contributed by atoms with Gasteiger partial charge in [0.25, 0.3) is 0 Å². The summed E-state index contributed by atoms with van der Waals surface area (Å²) in [4.78, 5) is 4.49. The molecule has 1 unspecified atom stereocenters. The molecule has 0 amide bonds. The highest BCUT2D eigenvalue weighted by Crippen LogP contribution is 2.58. The van der Waals surface area contributed by atoms with Gasteiger partial charge in [0.1, 0.15) is 0 Å². The summed E-state index contributed by atoms with van der Waals surface area (Å²) in [7, 11) is 0. The van der Waals surface area contributed by atoms with Gasteiger partial charge in [-0.2, -0.15) is 0 Å². The van der Waals surface area contributed by atoms with Crippen molar-refractivity contribution in [3.05, 3.63) is 12.2 Å². The second-order valence-electron chi connectivity index (χ2n) is 6.80. The van der Waals surface area contributed by atoms with E-state index in [0.717, 1.165) is 0 Å². The zero-order chi connectivity index (χ0) is 13.3. The van der Waals surface area contributed by atoms with Gasteiger partial charge in [-0.3, -0.25) is 0 Å². The Morgan fingerprint density at radius 3 is 2.78 bits per heavy atom. The zero-order valence-corrected chi connectivity index (χ0v) is 12.7. The molecular formula is C16H25NS. The molecule has 2 aliphatic rings. The van der Waals surface area contributed by atoms with Gasteiger partial charge < -0.3 is 0 Å². The average molecular weight is 263 g/mol. The SMILES string of the molecule is C=C1CCC[C@]2(C)CCC([C@H](N=C=S)C(C)C)[C@H]12. The van der Waals surface area contributed by atoms with E-state index >= 15 is 0 Å². The summed E-state index contributed by atoms with van der Waals surface area (Å²) in [6, 6.07) is 0.337. The van der Waals surface area contributed by atoms with Crippen LogP contribution in [-0.2, 0) is 0 Å². The molecule has 0 heterocycles. The summed E-state index contributed by atoms with van der Waals surface area (Å²) in [6.45, 7) is 11.3. The first-order valence-corrected chi connectivity index (χ1v) is 7.65. The molecule has 0 bridgehead atoms. The molecular weight excluding hydrogens is 238 g/mol. The van der Waals surface area contributed by atoms with Gasteiger partial charge in [0.2, 0.25) is 0 Å². The van der Waals surface area contributed by atoms with Crippen LogP contribution >= 0.6 is 12.2 Å². The van der Waals surface area contributed by atoms with Crippen molar-refractivity contribution in [2.24, 2.45) is 28.2 Å². The van der Waals surface area contributed by atoms with Crippen LogP contribution in [0, 0.1) is 23.2 Å². The molecule has 0 N–H and O–H groups in total. The van der Waals surface area contributed by atoms with Gasteiger partial charge >= 0.3 is 0 Å². The van der Waals surface area contributed by atoms with Crippen LogP contribution in [0.15, 0.2) is 17.1 Å². The Morgan fingerprint density at radius 1 is 1.44 bits per heavy atom. The van der Waals surface area contributed by atoms with Crippen molar-refractivity contribution in [2.45, 2.75) is 58.9 Å². The van der Waals surface area contributed by atoms with Crippen molar-refractivity contribution in [1.29, 1.82) is 0 Å². The molecule has 0 aliphatic heterocycles. The van der Waals surface area contributed by atoms with Gasteiger partial charge in [-0.05, 0) is 67.5 Å². The number of aliphatic imine (C=N–C) groups is 1. The molecule has 0 radical (unpaired) electrons. The summed E-state index contributed by atoms with van der Waals surface area (Å²) in [5.74, 6) is 1.84. The average Bonchev–Trinajstić information content (AvgIpc) is 2.64. The fourth-order valence-corrected chi connectivity index (χ4v) is 4.58. The van der Waals surface area contributed by atoms with Crippen LogP contribution in [-0.4, -0.2) is 11.2 Å². The van der Waals surface area contributed by atoms with Gasteiger partial charge in [0.15, 0.2) is 0 Å². The van der Waals surface area contributed by atoms with Gasteiger partial charge in [0, 0.05) is 0 Å². The lowest BCUT2D eigenvalue weighted by Crippen LogP contribution is -2.36. The van der Waals surface area contributed by atoms with Crippen molar-refractivity contribution in [3.8, 4) is 0 Å². The van der Waals surface area contributed by atoms with Crippen molar-refractivity contribution < 1.29 is 0 Å². The fourth-order valence-electron chi connectivity index (χ4n) is 4.45. The maximum absolute atomic E-state index is 4.85. The highest BCUT2D eigenvalue weighted by Gasteiger charge is 2.50. The molecule has 2 fully saturated rings. The molecule has 2 aliphatic carbocycles. The predicted octanol–water partition coefficient (Wildman–Crippen LogP) is 4.89. The number of fused-ring (bicyclic) bond motifs is 1. The maximum Gasteiger partial charge on any atom is 0.0659 e. The summed E-state index contributed by atoms with van der Waals surface area (Å²) in [6.07, 6.45) is 6.50. The number of isothiocyanates is 1. The molecule has 4 atom stereocenters. The molecule has 0 aromatic heterocycles. The van der Waals surface area contributed by atoms with Crippen LogP contribution < -0.4 is 0 Å². The molecule has 2 rings (SSSR count). The number of allylic oxidation sites excluding steroid dienone is 1. The molecule has 0 spiro atoms. The first-order valence-electron chi connectivity index (χ1n) is 7.24. The number of hydrogen-bond donors (Lipinski definition) is 0. The van der Waals surface area contributed by atoms with Crippen molar-refractivity contribution in [3.63, 3.8) is 0 Å². The lowest BCUT2D eigenvalue weighted by Gasteiger charge is -2.42. The van der Waals surface area contributed by atoms with Crippen LogP contribution in [0.3, 0.4) is 0 Å². The Morgan fingerprint density at radius 2 is 2.17 bits per heavy atom. The topological polar surface area (TPSA) is 12.4 Å². The normalized spacial score (nSPS) is 37.2. The van der Waals surface area contributed by atoms with E-state index in [1.807, 2.05) is 0 Å². The molecule has 2 heteroatoms. The van der Waals surface area contributed by atoms with E-state index in [1.54, 1.807) is 0 Å². The number of nitrogens with zero attached hydrogens (tertiary/aromatic N) is 1. The minimum Gasteiger partial charge on any atom is -0.229 e. The second kappa shape index (κ2) is 5.27. The maximum atomic E-state index is 4.85. The summed E-state index contributed by atoms with van der Waals surface area (Å²) >= 11 is 4.85. The molecule has 0 aromatic rings. The molecule has 2 saturated carbocycles. The Bertz CT molecular complexity index is 381. The zero-order valence-electron chi connectivity index (χ0n) is 11.9. The van der Waals surface area contributed by atoms with E-state index in [0.29, 0.717) is 29.2 Å². The van der Waals surface area contributed by atoms with Gasteiger partial charge in [-0.25, -0.2) is 4.99 Å². The van der Waals surface area contributed by atoms with Crippen molar-refractivity contribution >= 4 is 17.4 Å². The second-order valence-corrected chi connectivity index (χ2v) is 6.98. The Hall–Kier alpha value is -0.460. The van der Waals surface area contributed by atoms with Crippen LogP contribution in [0.25, 0.3) is 0 Å². The third kappa shape index (κ3) is 2.33. The van der Waals surface area contributed by atoms with Crippen LogP contribution in [0.1, 0.15) is 52.9 Å². The largest absolute Gasteiger partial charge is 0.229 e. The first-order chi connectivity index (χ1) is 8.49. The van der Waals surface area contributed by atoms with Crippen molar-refractivity contribution in [1.82, 2.24) is 0 Å². The number of thiocarbonyl (C=S) groups is 1. The van der Waals surface area contributed by atoms with Gasteiger partial charge in [-0.1, -0.05) is 32.9 Å². The summed E-state index contributed by atoms with van der Waals surface area (Å²) in [5.41, 5.74) is 1.95. The Kier molecular flexibility index (Phi) is 4.08.